The number of ether oxygens (including phenoxy) is 2. The van der Waals surface area contributed by atoms with Gasteiger partial charge in [-0.3, -0.25) is 14.4 Å². The SMILES string of the molecule is CC(=O)OC[C@]12CCC3C(CCC4=C(O)C(=O)CC[C@@]43C)C1C[C@H](OC(C)=O)[C@@H]2C(C)[C@H](O)CCC(C)C. The molecule has 0 radical (unpaired) electrons. The minimum atomic E-state index is -0.536. The molecule has 3 saturated carbocycles. The molecule has 0 aliphatic heterocycles. The van der Waals surface area contributed by atoms with E-state index in [0.717, 1.165) is 37.7 Å². The van der Waals surface area contributed by atoms with Crippen LogP contribution in [-0.2, 0) is 23.9 Å². The van der Waals surface area contributed by atoms with Crippen LogP contribution in [0.3, 0.4) is 0 Å². The predicted octanol–water partition coefficient (Wildman–Crippen LogP) is 5.54. The lowest BCUT2D eigenvalue weighted by molar-refractivity contribution is -0.164. The average molecular weight is 533 g/mol. The Hall–Kier alpha value is -1.89. The second-order valence-corrected chi connectivity index (χ2v) is 13.4. The molecule has 0 spiro atoms. The minimum absolute atomic E-state index is 0.0158. The maximum Gasteiger partial charge on any atom is 0.302 e. The van der Waals surface area contributed by atoms with Crippen LogP contribution in [0.15, 0.2) is 11.3 Å². The van der Waals surface area contributed by atoms with E-state index < -0.39 is 11.5 Å². The van der Waals surface area contributed by atoms with Gasteiger partial charge in [0, 0.05) is 31.6 Å². The van der Waals surface area contributed by atoms with Crippen LogP contribution in [0, 0.1) is 46.3 Å². The van der Waals surface area contributed by atoms with Crippen molar-refractivity contribution in [1.82, 2.24) is 0 Å². The topological polar surface area (TPSA) is 110 Å². The van der Waals surface area contributed by atoms with Crippen molar-refractivity contribution in [3.8, 4) is 0 Å². The monoisotopic (exact) mass is 532 g/mol. The summed E-state index contributed by atoms with van der Waals surface area (Å²) in [5.74, 6) is 0.199. The standard InChI is InChI=1S/C31H48O7/c1-17(2)7-10-25(34)18(3)28-27(38-20(5)33)15-24-21-8-9-23-29(36)26(35)12-13-30(23,6)22(21)11-14-31(24,28)16-37-19(4)32/h17-18,21-22,24-25,27-28,34,36H,7-16H2,1-6H3/t18?,21?,22?,24?,25-,27+,28+,30-,31-/m1/s1. The zero-order valence-electron chi connectivity index (χ0n) is 24.1. The van der Waals surface area contributed by atoms with E-state index in [9.17, 15) is 24.6 Å². The van der Waals surface area contributed by atoms with Crippen molar-refractivity contribution in [3.63, 3.8) is 0 Å². The van der Waals surface area contributed by atoms with Crippen LogP contribution in [0.1, 0.15) is 99.3 Å². The lowest BCUT2D eigenvalue weighted by Crippen LogP contribution is -2.55. The number of ketones is 1. The summed E-state index contributed by atoms with van der Waals surface area (Å²) in [6, 6.07) is 0. The number of hydrogen-bond acceptors (Lipinski definition) is 7. The Labute approximate surface area is 227 Å². The van der Waals surface area contributed by atoms with E-state index >= 15 is 0 Å². The summed E-state index contributed by atoms with van der Waals surface area (Å²) >= 11 is 0. The summed E-state index contributed by atoms with van der Waals surface area (Å²) in [6.07, 6.45) is 5.75. The van der Waals surface area contributed by atoms with Crippen LogP contribution in [0.5, 0.6) is 0 Å². The lowest BCUT2D eigenvalue weighted by atomic mass is 9.46. The van der Waals surface area contributed by atoms with Crippen molar-refractivity contribution in [2.75, 3.05) is 6.61 Å². The summed E-state index contributed by atoms with van der Waals surface area (Å²) < 4.78 is 11.8. The number of fused-ring (bicyclic) bond motifs is 5. The number of rotatable bonds is 8. The fourth-order valence-corrected chi connectivity index (χ4v) is 9.23. The van der Waals surface area contributed by atoms with Gasteiger partial charge in [-0.05, 0) is 91.9 Å². The highest BCUT2D eigenvalue weighted by Crippen LogP contribution is 2.68. The highest BCUT2D eigenvalue weighted by atomic mass is 16.5. The van der Waals surface area contributed by atoms with Gasteiger partial charge in [0.2, 0.25) is 0 Å². The van der Waals surface area contributed by atoms with Crippen LogP contribution in [0.2, 0.25) is 0 Å². The van der Waals surface area contributed by atoms with Gasteiger partial charge in [-0.15, -0.1) is 0 Å². The van der Waals surface area contributed by atoms with Gasteiger partial charge in [-0.2, -0.15) is 0 Å². The van der Waals surface area contributed by atoms with Crippen LogP contribution in [0.25, 0.3) is 0 Å². The third-order valence-electron chi connectivity index (χ3n) is 11.0. The molecule has 7 heteroatoms. The fraction of sp³-hybridized carbons (Fsp3) is 0.839. The van der Waals surface area contributed by atoms with Gasteiger partial charge in [0.05, 0.1) is 12.7 Å². The molecule has 0 bridgehead atoms. The van der Waals surface area contributed by atoms with E-state index in [1.165, 1.54) is 13.8 Å². The van der Waals surface area contributed by atoms with E-state index in [4.69, 9.17) is 9.47 Å². The van der Waals surface area contributed by atoms with Crippen LogP contribution in [-0.4, -0.2) is 46.7 Å². The first-order valence-corrected chi connectivity index (χ1v) is 14.8. The normalized spacial score (nSPS) is 38.2. The Morgan fingerprint density at radius 1 is 1.03 bits per heavy atom. The van der Waals surface area contributed by atoms with Crippen LogP contribution in [0.4, 0.5) is 0 Å². The summed E-state index contributed by atoms with van der Waals surface area (Å²) in [4.78, 5) is 36.7. The highest BCUT2D eigenvalue weighted by Gasteiger charge is 2.66. The van der Waals surface area contributed by atoms with Crippen LogP contribution < -0.4 is 0 Å². The number of esters is 2. The fourth-order valence-electron chi connectivity index (χ4n) is 9.23. The molecule has 2 N–H and O–H groups in total. The zero-order valence-corrected chi connectivity index (χ0v) is 24.1. The van der Waals surface area contributed by atoms with Crippen molar-refractivity contribution >= 4 is 17.7 Å². The number of Topliss-reactive ketones (excluding diaryl/α,β-unsaturated/α-hetero) is 1. The molecule has 0 saturated heterocycles. The first kappa shape index (κ1) is 29.1. The zero-order chi connectivity index (χ0) is 28.0. The summed E-state index contributed by atoms with van der Waals surface area (Å²) in [5, 5.41) is 22.0. The molecule has 4 rings (SSSR count). The van der Waals surface area contributed by atoms with Gasteiger partial charge in [0.25, 0.3) is 0 Å². The summed E-state index contributed by atoms with van der Waals surface area (Å²) in [6.45, 7) is 11.7. The van der Waals surface area contributed by atoms with Crippen molar-refractivity contribution in [1.29, 1.82) is 0 Å². The quantitative estimate of drug-likeness (QED) is 0.395. The van der Waals surface area contributed by atoms with E-state index in [0.29, 0.717) is 43.4 Å². The van der Waals surface area contributed by atoms with Gasteiger partial charge >= 0.3 is 11.9 Å². The van der Waals surface area contributed by atoms with Gasteiger partial charge in [0.15, 0.2) is 11.5 Å². The van der Waals surface area contributed by atoms with E-state index in [-0.39, 0.29) is 59.4 Å². The summed E-state index contributed by atoms with van der Waals surface area (Å²) in [7, 11) is 0. The number of carbonyl (C=O) groups is 3. The number of carbonyl (C=O) groups excluding carboxylic acids is 3. The molecular weight excluding hydrogens is 484 g/mol. The molecule has 4 aliphatic rings. The molecule has 38 heavy (non-hydrogen) atoms. The van der Waals surface area contributed by atoms with Gasteiger partial charge in [-0.1, -0.05) is 27.7 Å². The molecule has 0 heterocycles. The molecule has 0 aromatic carbocycles. The van der Waals surface area contributed by atoms with Gasteiger partial charge < -0.3 is 19.7 Å². The van der Waals surface area contributed by atoms with Crippen molar-refractivity contribution in [3.05, 3.63) is 11.3 Å². The number of aliphatic hydroxyl groups is 2. The van der Waals surface area contributed by atoms with Crippen molar-refractivity contribution < 1.29 is 34.1 Å². The number of hydrogen-bond donors (Lipinski definition) is 2. The number of aliphatic hydroxyl groups excluding tert-OH is 2. The number of allylic oxidation sites excluding steroid dienone is 1. The Morgan fingerprint density at radius 3 is 2.37 bits per heavy atom. The van der Waals surface area contributed by atoms with Gasteiger partial charge in [0.1, 0.15) is 6.10 Å². The first-order chi connectivity index (χ1) is 17.8. The lowest BCUT2D eigenvalue weighted by Gasteiger charge is -2.59. The second-order valence-electron chi connectivity index (χ2n) is 13.4. The molecule has 214 valence electrons. The van der Waals surface area contributed by atoms with Crippen molar-refractivity contribution in [2.24, 2.45) is 46.3 Å². The molecular formula is C31H48O7. The second kappa shape index (κ2) is 10.9. The predicted molar refractivity (Wildman–Crippen MR) is 143 cm³/mol. The molecule has 4 aliphatic carbocycles. The molecule has 9 atom stereocenters. The van der Waals surface area contributed by atoms with E-state index in [1.807, 2.05) is 0 Å². The Bertz CT molecular complexity index is 969. The van der Waals surface area contributed by atoms with Gasteiger partial charge in [-0.25, -0.2) is 0 Å². The minimum Gasteiger partial charge on any atom is -0.504 e. The molecule has 4 unspecified atom stereocenters. The Morgan fingerprint density at radius 2 is 1.74 bits per heavy atom. The van der Waals surface area contributed by atoms with E-state index in [1.54, 1.807) is 0 Å². The maximum atomic E-state index is 12.3. The molecule has 0 aromatic rings. The largest absolute Gasteiger partial charge is 0.504 e. The Balaban J connectivity index is 1.73. The molecule has 7 nitrogen and oxygen atoms in total. The molecule has 3 fully saturated rings. The van der Waals surface area contributed by atoms with Crippen LogP contribution >= 0.6 is 0 Å². The smallest absolute Gasteiger partial charge is 0.302 e. The Kier molecular flexibility index (Phi) is 8.38. The first-order valence-electron chi connectivity index (χ1n) is 14.8. The third kappa shape index (κ3) is 5.04. The third-order valence-corrected chi connectivity index (χ3v) is 11.0. The highest BCUT2D eigenvalue weighted by molar-refractivity contribution is 5.95. The van der Waals surface area contributed by atoms with Crippen molar-refractivity contribution in [2.45, 2.75) is 112 Å². The average Bonchev–Trinajstić information content (AvgIpc) is 3.16. The van der Waals surface area contributed by atoms with E-state index in [2.05, 4.69) is 27.7 Å². The maximum absolute atomic E-state index is 12.3. The summed E-state index contributed by atoms with van der Waals surface area (Å²) in [5.41, 5.74) is 0.298. The molecule has 0 amide bonds. The molecule has 0 aromatic heterocycles.